The third-order valence-corrected chi connectivity index (χ3v) is 3.37. The van der Waals surface area contributed by atoms with Crippen molar-refractivity contribution in [3.63, 3.8) is 0 Å². The molecule has 0 amide bonds. The third-order valence-electron chi connectivity index (χ3n) is 2.99. The number of halogens is 2. The minimum atomic E-state index is -0.178. The van der Waals surface area contributed by atoms with Crippen molar-refractivity contribution in [2.24, 2.45) is 0 Å². The number of nitrogens with zero attached hydrogens (tertiary/aromatic N) is 3. The van der Waals surface area contributed by atoms with E-state index in [0.29, 0.717) is 24.3 Å². The molecule has 0 aliphatic rings. The molecule has 0 radical (unpaired) electrons. The van der Waals surface area contributed by atoms with Crippen LogP contribution in [0.3, 0.4) is 0 Å². The van der Waals surface area contributed by atoms with Gasteiger partial charge in [-0.2, -0.15) is 0 Å². The van der Waals surface area contributed by atoms with Gasteiger partial charge in [-0.15, -0.1) is 0 Å². The van der Waals surface area contributed by atoms with Crippen LogP contribution in [-0.2, 0) is 6.42 Å². The molecule has 0 bridgehead atoms. The fourth-order valence-electron chi connectivity index (χ4n) is 2.04. The predicted molar refractivity (Wildman–Crippen MR) is 79.3 cm³/mol. The van der Waals surface area contributed by atoms with Gasteiger partial charge in [-0.3, -0.25) is 0 Å². The van der Waals surface area contributed by atoms with Crippen molar-refractivity contribution in [3.05, 3.63) is 58.8 Å². The van der Waals surface area contributed by atoms with E-state index in [1.54, 1.807) is 18.3 Å². The van der Waals surface area contributed by atoms with Gasteiger partial charge in [0.1, 0.15) is 10.4 Å². The van der Waals surface area contributed by atoms with Crippen molar-refractivity contribution in [2.45, 2.75) is 6.42 Å². The number of rotatable bonds is 4. The van der Waals surface area contributed by atoms with Crippen LogP contribution in [0, 0.1) is 5.82 Å². The number of nitrogens with one attached hydrogen (secondary N) is 1. The molecule has 2 aromatic heterocycles. The molecule has 0 aliphatic carbocycles. The summed E-state index contributed by atoms with van der Waals surface area (Å²) >= 11 is 3.36. The SMILES string of the molecule is Fc1ccccc1CCNc1nc(Br)cn2ccnc12. The van der Waals surface area contributed by atoms with E-state index in [1.165, 1.54) is 6.07 Å². The number of benzene rings is 1. The molecule has 1 N–H and O–H groups in total. The second-order valence-electron chi connectivity index (χ2n) is 4.34. The van der Waals surface area contributed by atoms with Gasteiger partial charge in [-0.05, 0) is 34.0 Å². The maximum atomic E-state index is 13.5. The number of fused-ring (bicyclic) bond motifs is 1. The summed E-state index contributed by atoms with van der Waals surface area (Å²) in [7, 11) is 0. The first kappa shape index (κ1) is 13.1. The van der Waals surface area contributed by atoms with Crippen LogP contribution in [0.4, 0.5) is 10.2 Å². The molecule has 0 fully saturated rings. The highest BCUT2D eigenvalue weighted by atomic mass is 79.9. The monoisotopic (exact) mass is 334 g/mol. The zero-order chi connectivity index (χ0) is 13.9. The molecular formula is C14H12BrFN4. The summed E-state index contributed by atoms with van der Waals surface area (Å²) in [5.41, 5.74) is 1.44. The average Bonchev–Trinajstić information content (AvgIpc) is 2.89. The molecule has 20 heavy (non-hydrogen) atoms. The minimum absolute atomic E-state index is 0.178. The zero-order valence-corrected chi connectivity index (χ0v) is 12.1. The van der Waals surface area contributed by atoms with Crippen LogP contribution in [0.25, 0.3) is 5.65 Å². The number of imidazole rings is 1. The van der Waals surface area contributed by atoms with Crippen molar-refractivity contribution < 1.29 is 4.39 Å². The van der Waals surface area contributed by atoms with Crippen LogP contribution < -0.4 is 5.32 Å². The Morgan fingerprint density at radius 3 is 3.00 bits per heavy atom. The normalized spacial score (nSPS) is 10.9. The molecule has 3 rings (SSSR count). The molecule has 2 heterocycles. The molecule has 1 aromatic carbocycles. The molecule has 0 saturated heterocycles. The van der Waals surface area contributed by atoms with E-state index in [9.17, 15) is 4.39 Å². The van der Waals surface area contributed by atoms with Crippen molar-refractivity contribution in [1.82, 2.24) is 14.4 Å². The van der Waals surface area contributed by atoms with Crippen LogP contribution in [0.15, 0.2) is 47.5 Å². The van der Waals surface area contributed by atoms with Crippen LogP contribution in [-0.4, -0.2) is 20.9 Å². The van der Waals surface area contributed by atoms with Gasteiger partial charge in [0.05, 0.1) is 0 Å². The van der Waals surface area contributed by atoms with Crippen molar-refractivity contribution >= 4 is 27.4 Å². The first-order valence-corrected chi connectivity index (χ1v) is 7.00. The molecule has 102 valence electrons. The lowest BCUT2D eigenvalue weighted by Gasteiger charge is -2.08. The van der Waals surface area contributed by atoms with Crippen LogP contribution in [0.2, 0.25) is 0 Å². The Hall–Kier alpha value is -1.95. The lowest BCUT2D eigenvalue weighted by Crippen LogP contribution is -2.09. The highest BCUT2D eigenvalue weighted by molar-refractivity contribution is 9.10. The van der Waals surface area contributed by atoms with Gasteiger partial charge in [-0.25, -0.2) is 14.4 Å². The Balaban J connectivity index is 1.74. The lowest BCUT2D eigenvalue weighted by molar-refractivity contribution is 0.610. The molecular weight excluding hydrogens is 323 g/mol. The Morgan fingerprint density at radius 1 is 1.30 bits per heavy atom. The summed E-state index contributed by atoms with van der Waals surface area (Å²) in [5, 5.41) is 3.20. The summed E-state index contributed by atoms with van der Waals surface area (Å²) in [6, 6.07) is 6.79. The van der Waals surface area contributed by atoms with Gasteiger partial charge in [0.2, 0.25) is 0 Å². The number of aromatic nitrogens is 3. The average molecular weight is 335 g/mol. The molecule has 0 saturated carbocycles. The highest BCUT2D eigenvalue weighted by Crippen LogP contribution is 2.17. The van der Waals surface area contributed by atoms with E-state index in [-0.39, 0.29) is 5.82 Å². The molecule has 6 heteroatoms. The van der Waals surface area contributed by atoms with E-state index < -0.39 is 0 Å². The Bertz CT molecular complexity index is 741. The zero-order valence-electron chi connectivity index (χ0n) is 10.6. The fourth-order valence-corrected chi connectivity index (χ4v) is 2.43. The van der Waals surface area contributed by atoms with Crippen LogP contribution in [0.5, 0.6) is 0 Å². The summed E-state index contributed by atoms with van der Waals surface area (Å²) in [6.45, 7) is 0.590. The molecule has 0 aliphatic heterocycles. The summed E-state index contributed by atoms with van der Waals surface area (Å²) < 4.78 is 16.1. The maximum Gasteiger partial charge on any atom is 0.180 e. The third kappa shape index (κ3) is 2.65. The molecule has 0 spiro atoms. The number of anilines is 1. The molecule has 0 unspecified atom stereocenters. The molecule has 0 atom stereocenters. The number of hydrogen-bond acceptors (Lipinski definition) is 3. The highest BCUT2D eigenvalue weighted by Gasteiger charge is 2.06. The van der Waals surface area contributed by atoms with E-state index in [0.717, 1.165) is 10.3 Å². The lowest BCUT2D eigenvalue weighted by atomic mass is 10.1. The van der Waals surface area contributed by atoms with Crippen LogP contribution >= 0.6 is 15.9 Å². The van der Waals surface area contributed by atoms with E-state index in [1.807, 2.05) is 22.9 Å². The first-order valence-electron chi connectivity index (χ1n) is 6.20. The minimum Gasteiger partial charge on any atom is -0.367 e. The van der Waals surface area contributed by atoms with Gasteiger partial charge in [0.25, 0.3) is 0 Å². The van der Waals surface area contributed by atoms with Gasteiger partial charge < -0.3 is 9.72 Å². The van der Waals surface area contributed by atoms with Gasteiger partial charge in [0, 0.05) is 25.1 Å². The number of hydrogen-bond donors (Lipinski definition) is 1. The topological polar surface area (TPSA) is 42.2 Å². The standard InChI is InChI=1S/C14H12BrFN4/c15-12-9-20-8-7-18-14(20)13(19-12)17-6-5-10-3-1-2-4-11(10)16/h1-4,7-9H,5-6H2,(H,17,19). The maximum absolute atomic E-state index is 13.5. The summed E-state index contributed by atoms with van der Waals surface area (Å²) in [4.78, 5) is 8.60. The summed E-state index contributed by atoms with van der Waals surface area (Å²) in [6.07, 6.45) is 5.99. The van der Waals surface area contributed by atoms with Gasteiger partial charge in [-0.1, -0.05) is 18.2 Å². The molecule has 3 aromatic rings. The van der Waals surface area contributed by atoms with Gasteiger partial charge in [0.15, 0.2) is 11.5 Å². The van der Waals surface area contributed by atoms with Crippen LogP contribution in [0.1, 0.15) is 5.56 Å². The van der Waals surface area contributed by atoms with Crippen molar-refractivity contribution in [1.29, 1.82) is 0 Å². The quantitative estimate of drug-likeness (QED) is 0.796. The fraction of sp³-hybridized carbons (Fsp3) is 0.143. The first-order chi connectivity index (χ1) is 9.74. The Morgan fingerprint density at radius 2 is 2.15 bits per heavy atom. The predicted octanol–water partition coefficient (Wildman–Crippen LogP) is 3.29. The second kappa shape index (κ2) is 5.58. The Labute approximate surface area is 123 Å². The summed E-state index contributed by atoms with van der Waals surface area (Å²) in [5.74, 6) is 0.503. The van der Waals surface area contributed by atoms with Gasteiger partial charge >= 0.3 is 0 Å². The largest absolute Gasteiger partial charge is 0.367 e. The van der Waals surface area contributed by atoms with Crippen molar-refractivity contribution in [3.8, 4) is 0 Å². The second-order valence-corrected chi connectivity index (χ2v) is 5.15. The van der Waals surface area contributed by atoms with Crippen molar-refractivity contribution in [2.75, 3.05) is 11.9 Å². The van der Waals surface area contributed by atoms with E-state index in [2.05, 4.69) is 31.2 Å². The van der Waals surface area contributed by atoms with E-state index >= 15 is 0 Å². The molecule has 4 nitrogen and oxygen atoms in total. The van der Waals surface area contributed by atoms with E-state index in [4.69, 9.17) is 0 Å². The smallest absolute Gasteiger partial charge is 0.180 e. The Kier molecular flexibility index (Phi) is 3.64.